The molecule has 6 aliphatic rings. The first-order valence-electron chi connectivity index (χ1n) is 13.7. The van der Waals surface area contributed by atoms with E-state index in [0.717, 1.165) is 9.80 Å². The summed E-state index contributed by atoms with van der Waals surface area (Å²) < 4.78 is 33.5. The molecule has 6 fully saturated rings. The van der Waals surface area contributed by atoms with E-state index < -0.39 is 108 Å². The molecule has 0 aliphatic carbocycles. The van der Waals surface area contributed by atoms with E-state index in [-0.39, 0.29) is 11.4 Å². The molecule has 0 saturated carbocycles. The zero-order valence-electron chi connectivity index (χ0n) is 23.0. The van der Waals surface area contributed by atoms with E-state index in [1.165, 1.54) is 52.3 Å². The molecular formula is C28H28N2O12. The highest BCUT2D eigenvalue weighted by atomic mass is 16.6. The number of carbonyl (C=O) groups is 6. The Balaban J connectivity index is 1.12. The number of rotatable bonds is 6. The minimum atomic E-state index is -0.839. The van der Waals surface area contributed by atoms with Gasteiger partial charge in [0.1, 0.15) is 36.6 Å². The lowest BCUT2D eigenvalue weighted by molar-refractivity contribution is -0.159. The van der Waals surface area contributed by atoms with Crippen molar-refractivity contribution in [1.82, 2.24) is 0 Å². The van der Waals surface area contributed by atoms with Crippen LogP contribution in [0.2, 0.25) is 0 Å². The summed E-state index contributed by atoms with van der Waals surface area (Å²) in [4.78, 5) is 79.4. The molecule has 1 aromatic rings. The Kier molecular flexibility index (Phi) is 6.07. The normalized spacial score (nSPS) is 41.1. The van der Waals surface area contributed by atoms with E-state index in [4.69, 9.17) is 28.4 Å². The first-order chi connectivity index (χ1) is 20.1. The Morgan fingerprint density at radius 1 is 0.571 bits per heavy atom. The van der Waals surface area contributed by atoms with Gasteiger partial charge in [-0.2, -0.15) is 0 Å². The monoisotopic (exact) mass is 584 g/mol. The fourth-order valence-corrected chi connectivity index (χ4v) is 7.83. The van der Waals surface area contributed by atoms with Crippen LogP contribution in [0.1, 0.15) is 13.8 Å². The van der Waals surface area contributed by atoms with Crippen molar-refractivity contribution in [2.45, 2.75) is 62.7 Å². The molecule has 14 nitrogen and oxygen atoms in total. The molecule has 4 bridgehead atoms. The third-order valence-corrected chi connectivity index (χ3v) is 9.30. The molecule has 0 N–H and O–H groups in total. The minimum absolute atomic E-state index is 0.262. The van der Waals surface area contributed by atoms with Crippen LogP contribution in [0.15, 0.2) is 24.3 Å². The standard InChI is InChI=1S/C28H28N2O12/c1-9(31)39-23-19-15-13(17(41-19)21(23)37-3)25(33)29(27(15)35)11-5-7-12(8-6-11)30-26(34)14-16(28(30)36)20-24(40-10(2)32)22(38-4)18(14)42-20/h5-8,13-24H,1-4H3/t13?,14?,15?,16?,17-,18-,19+,20+,21-,22-,23+,24+/m0/s1. The van der Waals surface area contributed by atoms with Gasteiger partial charge in [-0.05, 0) is 24.3 Å². The molecule has 6 saturated heterocycles. The molecule has 14 heteroatoms. The molecule has 222 valence electrons. The van der Waals surface area contributed by atoms with E-state index >= 15 is 0 Å². The van der Waals surface area contributed by atoms with Crippen LogP contribution < -0.4 is 9.80 Å². The SMILES string of the molecule is CO[C@@H]1[C@H](OC(C)=O)[C@@H]2O[C@H]1C1C(=O)N(c3ccc(N4C(=O)C5C(C4=O)[C@@H]4O[C@H]5[C@@H](OC(C)=O)[C@H]4OC)cc3)C(=O)C12. The van der Waals surface area contributed by atoms with E-state index in [2.05, 4.69) is 0 Å². The van der Waals surface area contributed by atoms with Crippen molar-refractivity contribution < 1.29 is 57.2 Å². The van der Waals surface area contributed by atoms with Gasteiger partial charge < -0.3 is 28.4 Å². The number of fused-ring (bicyclic) bond motifs is 10. The third kappa shape index (κ3) is 3.46. The van der Waals surface area contributed by atoms with Gasteiger partial charge in [0, 0.05) is 28.1 Å². The lowest BCUT2D eigenvalue weighted by Crippen LogP contribution is -2.50. The van der Waals surface area contributed by atoms with Crippen molar-refractivity contribution >= 4 is 46.9 Å². The van der Waals surface area contributed by atoms with Gasteiger partial charge in [-0.1, -0.05) is 0 Å². The van der Waals surface area contributed by atoms with Crippen LogP contribution in [0.5, 0.6) is 0 Å². The molecule has 1 aromatic carbocycles. The van der Waals surface area contributed by atoms with Crippen molar-refractivity contribution in [1.29, 1.82) is 0 Å². The number of benzene rings is 1. The Labute approximate surface area is 239 Å². The number of methoxy groups -OCH3 is 2. The number of hydrogen-bond acceptors (Lipinski definition) is 12. The summed E-state index contributed by atoms with van der Waals surface area (Å²) in [5, 5.41) is 0. The van der Waals surface area contributed by atoms with Gasteiger partial charge in [0.15, 0.2) is 12.2 Å². The van der Waals surface area contributed by atoms with Crippen molar-refractivity contribution in [3.8, 4) is 0 Å². The van der Waals surface area contributed by atoms with Crippen molar-refractivity contribution in [3.63, 3.8) is 0 Å². The summed E-state index contributed by atoms with van der Waals surface area (Å²) in [6.07, 6.45) is -6.16. The van der Waals surface area contributed by atoms with Gasteiger partial charge in [0.2, 0.25) is 23.6 Å². The maximum absolute atomic E-state index is 13.5. The van der Waals surface area contributed by atoms with E-state index in [1.807, 2.05) is 0 Å². The predicted octanol–water partition coefficient (Wildman–Crippen LogP) is -0.647. The highest BCUT2D eigenvalue weighted by Crippen LogP contribution is 2.53. The Morgan fingerprint density at radius 2 is 0.857 bits per heavy atom. The van der Waals surface area contributed by atoms with Crippen LogP contribution in [0, 0.1) is 23.7 Å². The number of amides is 4. The number of imide groups is 2. The molecule has 0 aromatic heterocycles. The summed E-state index contributed by atoms with van der Waals surface area (Å²) in [7, 11) is 2.85. The maximum atomic E-state index is 13.5. The second kappa shape index (κ2) is 9.39. The van der Waals surface area contributed by atoms with Crippen LogP contribution in [0.25, 0.3) is 0 Å². The predicted molar refractivity (Wildman–Crippen MR) is 135 cm³/mol. The molecule has 0 spiro atoms. The van der Waals surface area contributed by atoms with E-state index in [1.54, 1.807) is 0 Å². The Hall–Kier alpha value is -3.72. The van der Waals surface area contributed by atoms with Gasteiger partial charge in [0.05, 0.1) is 35.0 Å². The second-order valence-corrected chi connectivity index (χ2v) is 11.3. The summed E-state index contributed by atoms with van der Waals surface area (Å²) in [6, 6.07) is 5.97. The highest BCUT2D eigenvalue weighted by Gasteiger charge is 2.72. The molecule has 6 aliphatic heterocycles. The molecule has 7 rings (SSSR count). The molecule has 12 atom stereocenters. The van der Waals surface area contributed by atoms with Gasteiger partial charge >= 0.3 is 11.9 Å². The van der Waals surface area contributed by atoms with Gasteiger partial charge in [-0.3, -0.25) is 28.8 Å². The first-order valence-corrected chi connectivity index (χ1v) is 13.7. The first kappa shape index (κ1) is 27.1. The molecule has 42 heavy (non-hydrogen) atoms. The van der Waals surface area contributed by atoms with Gasteiger partial charge in [-0.25, -0.2) is 9.80 Å². The molecule has 6 heterocycles. The highest BCUT2D eigenvalue weighted by molar-refractivity contribution is 6.24. The fourth-order valence-electron chi connectivity index (χ4n) is 7.83. The van der Waals surface area contributed by atoms with Crippen molar-refractivity contribution in [3.05, 3.63) is 24.3 Å². The summed E-state index contributed by atoms with van der Waals surface area (Å²) in [6.45, 7) is 2.50. The number of hydrogen-bond donors (Lipinski definition) is 0. The largest absolute Gasteiger partial charge is 0.457 e. The smallest absolute Gasteiger partial charge is 0.303 e. The number of ether oxygens (including phenoxy) is 6. The van der Waals surface area contributed by atoms with Crippen molar-refractivity contribution in [2.75, 3.05) is 24.0 Å². The maximum Gasteiger partial charge on any atom is 0.303 e. The summed E-state index contributed by atoms with van der Waals surface area (Å²) in [5.41, 5.74) is 0.523. The zero-order valence-corrected chi connectivity index (χ0v) is 23.0. The number of nitrogens with zero attached hydrogens (tertiary/aromatic N) is 2. The summed E-state index contributed by atoms with van der Waals surface area (Å²) >= 11 is 0. The number of esters is 2. The van der Waals surface area contributed by atoms with E-state index in [9.17, 15) is 28.8 Å². The quantitative estimate of drug-likeness (QED) is 0.307. The number of carbonyl (C=O) groups excluding carboxylic acids is 6. The molecule has 0 radical (unpaired) electrons. The average molecular weight is 585 g/mol. The molecule has 4 amide bonds. The molecule has 4 unspecified atom stereocenters. The zero-order chi connectivity index (χ0) is 29.8. The van der Waals surface area contributed by atoms with Crippen LogP contribution in [-0.4, -0.2) is 98.6 Å². The Bertz CT molecular complexity index is 1310. The second-order valence-electron chi connectivity index (χ2n) is 11.3. The van der Waals surface area contributed by atoms with Crippen molar-refractivity contribution in [2.24, 2.45) is 23.7 Å². The van der Waals surface area contributed by atoms with E-state index in [0.29, 0.717) is 0 Å². The van der Waals surface area contributed by atoms with Crippen LogP contribution >= 0.6 is 0 Å². The lowest BCUT2D eigenvalue weighted by Gasteiger charge is -2.30. The lowest BCUT2D eigenvalue weighted by atomic mass is 9.78. The number of anilines is 2. The summed E-state index contributed by atoms with van der Waals surface area (Å²) in [5.74, 6) is -6.28. The van der Waals surface area contributed by atoms with Crippen LogP contribution in [0.3, 0.4) is 0 Å². The minimum Gasteiger partial charge on any atom is -0.457 e. The molecular weight excluding hydrogens is 556 g/mol. The van der Waals surface area contributed by atoms with Crippen LogP contribution in [-0.2, 0) is 57.2 Å². The average Bonchev–Trinajstić information content (AvgIpc) is 3.76. The fraction of sp³-hybridized carbons (Fsp3) is 0.571. The third-order valence-electron chi connectivity index (χ3n) is 9.30. The van der Waals surface area contributed by atoms with Gasteiger partial charge in [-0.15, -0.1) is 0 Å². The van der Waals surface area contributed by atoms with Gasteiger partial charge in [0.25, 0.3) is 0 Å². The van der Waals surface area contributed by atoms with Crippen LogP contribution in [0.4, 0.5) is 11.4 Å². The Morgan fingerprint density at radius 3 is 1.12 bits per heavy atom. The topological polar surface area (TPSA) is 164 Å².